The van der Waals surface area contributed by atoms with Gasteiger partial charge in [-0.3, -0.25) is 0 Å². The smallest absolute Gasteiger partial charge is 0.205 e. The van der Waals surface area contributed by atoms with Gasteiger partial charge >= 0.3 is 0 Å². The average molecular weight is 261 g/mol. The van der Waals surface area contributed by atoms with Crippen LogP contribution in [0.15, 0.2) is 18.6 Å². The number of hydrogen-bond acceptors (Lipinski definition) is 8. The van der Waals surface area contributed by atoms with Gasteiger partial charge in [-0.1, -0.05) is 0 Å². The molecule has 0 aliphatic heterocycles. The first-order chi connectivity index (χ1) is 9.24. The fourth-order valence-corrected chi connectivity index (χ4v) is 1.57. The van der Waals surface area contributed by atoms with Crippen LogP contribution in [0.4, 0.5) is 11.6 Å². The second-order valence-corrected chi connectivity index (χ2v) is 3.70. The van der Waals surface area contributed by atoms with Crippen LogP contribution >= 0.6 is 0 Å². The molecular formula is C11H15N7O. The summed E-state index contributed by atoms with van der Waals surface area (Å²) < 4.78 is 5.22. The monoisotopic (exact) mass is 261 g/mol. The van der Waals surface area contributed by atoms with Crippen molar-refractivity contribution < 1.29 is 4.74 Å². The van der Waals surface area contributed by atoms with E-state index in [1.165, 1.54) is 13.4 Å². The highest BCUT2D eigenvalue weighted by Crippen LogP contribution is 2.28. The fourth-order valence-electron chi connectivity index (χ4n) is 1.57. The summed E-state index contributed by atoms with van der Waals surface area (Å²) in [5.74, 6) is 7.49. The van der Waals surface area contributed by atoms with Crippen molar-refractivity contribution in [3.8, 4) is 5.75 Å². The Kier molecular flexibility index (Phi) is 4.04. The van der Waals surface area contributed by atoms with Crippen LogP contribution in [-0.2, 0) is 6.54 Å². The Balaban J connectivity index is 2.15. The van der Waals surface area contributed by atoms with Crippen LogP contribution in [0.1, 0.15) is 11.5 Å². The largest absolute Gasteiger partial charge is 0.490 e. The van der Waals surface area contributed by atoms with Crippen molar-refractivity contribution in [1.29, 1.82) is 0 Å². The van der Waals surface area contributed by atoms with Crippen LogP contribution in [-0.4, -0.2) is 27.0 Å². The highest BCUT2D eigenvalue weighted by atomic mass is 16.5. The minimum atomic E-state index is 0.416. The van der Waals surface area contributed by atoms with Gasteiger partial charge in [-0.2, -0.15) is 0 Å². The predicted molar refractivity (Wildman–Crippen MR) is 70.5 cm³/mol. The molecule has 0 atom stereocenters. The minimum absolute atomic E-state index is 0.416. The molecule has 0 radical (unpaired) electrons. The van der Waals surface area contributed by atoms with Gasteiger partial charge in [0.05, 0.1) is 19.3 Å². The third-order valence-corrected chi connectivity index (χ3v) is 2.42. The molecule has 2 heterocycles. The van der Waals surface area contributed by atoms with Gasteiger partial charge in [-0.25, -0.2) is 25.8 Å². The Bertz CT molecular complexity index is 560. The number of nitrogens with one attached hydrogen (secondary N) is 2. The number of hydrogen-bond donors (Lipinski definition) is 3. The second kappa shape index (κ2) is 5.91. The maximum absolute atomic E-state index is 5.35. The number of rotatable bonds is 5. The Labute approximate surface area is 110 Å². The summed E-state index contributed by atoms with van der Waals surface area (Å²) in [5, 5.41) is 3.12. The van der Waals surface area contributed by atoms with E-state index in [-0.39, 0.29) is 0 Å². The average Bonchev–Trinajstić information content (AvgIpc) is 2.44. The molecule has 2 aromatic heterocycles. The number of anilines is 2. The van der Waals surface area contributed by atoms with Crippen molar-refractivity contribution >= 4 is 11.6 Å². The molecule has 0 aliphatic rings. The van der Waals surface area contributed by atoms with Gasteiger partial charge < -0.3 is 15.5 Å². The van der Waals surface area contributed by atoms with Crippen molar-refractivity contribution in [2.45, 2.75) is 13.5 Å². The summed E-state index contributed by atoms with van der Waals surface area (Å²) >= 11 is 0. The van der Waals surface area contributed by atoms with E-state index in [2.05, 4.69) is 30.7 Å². The summed E-state index contributed by atoms with van der Waals surface area (Å²) in [4.78, 5) is 16.4. The lowest BCUT2D eigenvalue weighted by Crippen LogP contribution is -2.12. The quantitative estimate of drug-likeness (QED) is 0.526. The molecule has 0 spiro atoms. The van der Waals surface area contributed by atoms with E-state index in [0.29, 0.717) is 23.9 Å². The van der Waals surface area contributed by atoms with Gasteiger partial charge in [0.1, 0.15) is 12.2 Å². The molecule has 0 amide bonds. The van der Waals surface area contributed by atoms with Gasteiger partial charge in [0.15, 0.2) is 11.6 Å². The number of ether oxygens (including phenoxy) is 1. The van der Waals surface area contributed by atoms with Crippen LogP contribution < -0.4 is 21.3 Å². The van der Waals surface area contributed by atoms with Crippen LogP contribution in [0.3, 0.4) is 0 Å². The lowest BCUT2D eigenvalue weighted by atomic mass is 10.4. The Hall–Kier alpha value is -2.48. The zero-order valence-corrected chi connectivity index (χ0v) is 10.7. The van der Waals surface area contributed by atoms with Crippen LogP contribution in [0.2, 0.25) is 0 Å². The molecule has 0 saturated heterocycles. The molecule has 8 nitrogen and oxygen atoms in total. The standard InChI is InChI=1S/C11H15N7O/c1-7-13-4-3-8(17-7)5-14-10-9(19-2)11(18-12)16-6-15-10/h3-4,6H,5,12H2,1-2H3,(H2,14,15,16,18). The predicted octanol–water partition coefficient (Wildman–Crippen LogP) is 0.481. The van der Waals surface area contributed by atoms with Crippen molar-refractivity contribution in [3.63, 3.8) is 0 Å². The Morgan fingerprint density at radius 1 is 1.26 bits per heavy atom. The summed E-state index contributed by atoms with van der Waals surface area (Å²) in [6, 6.07) is 1.83. The molecule has 0 aliphatic carbocycles. The molecule has 0 fully saturated rings. The zero-order valence-electron chi connectivity index (χ0n) is 10.7. The van der Waals surface area contributed by atoms with Gasteiger partial charge in [0.25, 0.3) is 0 Å². The topological polar surface area (TPSA) is 111 Å². The van der Waals surface area contributed by atoms with E-state index < -0.39 is 0 Å². The maximum Gasteiger partial charge on any atom is 0.205 e. The van der Waals surface area contributed by atoms with Gasteiger partial charge in [-0.05, 0) is 13.0 Å². The van der Waals surface area contributed by atoms with Crippen molar-refractivity contribution in [2.24, 2.45) is 5.84 Å². The molecule has 2 aromatic rings. The van der Waals surface area contributed by atoms with E-state index in [0.717, 1.165) is 11.5 Å². The van der Waals surface area contributed by atoms with E-state index >= 15 is 0 Å². The van der Waals surface area contributed by atoms with Gasteiger partial charge in [-0.15, -0.1) is 0 Å². The molecule has 19 heavy (non-hydrogen) atoms. The highest BCUT2D eigenvalue weighted by molar-refractivity contribution is 5.62. The molecule has 0 aromatic carbocycles. The lowest BCUT2D eigenvalue weighted by molar-refractivity contribution is 0.414. The van der Waals surface area contributed by atoms with Gasteiger partial charge in [0, 0.05) is 6.20 Å². The zero-order chi connectivity index (χ0) is 13.7. The lowest BCUT2D eigenvalue weighted by Gasteiger charge is -2.12. The minimum Gasteiger partial charge on any atom is -0.490 e. The number of aryl methyl sites for hydroxylation is 1. The molecule has 8 heteroatoms. The highest BCUT2D eigenvalue weighted by Gasteiger charge is 2.10. The van der Waals surface area contributed by atoms with Crippen LogP contribution in [0.5, 0.6) is 5.75 Å². The summed E-state index contributed by atoms with van der Waals surface area (Å²) in [7, 11) is 1.53. The molecule has 2 rings (SSSR count). The first-order valence-electron chi connectivity index (χ1n) is 5.62. The first-order valence-corrected chi connectivity index (χ1v) is 5.62. The number of nitrogens with zero attached hydrogens (tertiary/aromatic N) is 4. The van der Waals surface area contributed by atoms with Gasteiger partial charge in [0.2, 0.25) is 5.75 Å². The third kappa shape index (κ3) is 3.05. The normalized spacial score (nSPS) is 10.1. The number of aromatic nitrogens is 4. The van der Waals surface area contributed by atoms with Crippen LogP contribution in [0.25, 0.3) is 0 Å². The van der Waals surface area contributed by atoms with Crippen molar-refractivity contribution in [1.82, 2.24) is 19.9 Å². The van der Waals surface area contributed by atoms with E-state index in [4.69, 9.17) is 10.6 Å². The molecule has 0 bridgehead atoms. The second-order valence-electron chi connectivity index (χ2n) is 3.70. The summed E-state index contributed by atoms with van der Waals surface area (Å²) in [6.07, 6.45) is 3.11. The van der Waals surface area contributed by atoms with E-state index in [1.54, 1.807) is 6.20 Å². The molecule has 0 unspecified atom stereocenters. The Morgan fingerprint density at radius 3 is 2.74 bits per heavy atom. The van der Waals surface area contributed by atoms with E-state index in [9.17, 15) is 0 Å². The number of nitrogen functional groups attached to an aromatic ring is 1. The fraction of sp³-hybridized carbons (Fsp3) is 0.273. The van der Waals surface area contributed by atoms with Crippen LogP contribution in [0, 0.1) is 6.92 Å². The summed E-state index contributed by atoms with van der Waals surface area (Å²) in [5.41, 5.74) is 3.31. The summed E-state index contributed by atoms with van der Waals surface area (Å²) in [6.45, 7) is 2.34. The number of nitrogens with two attached hydrogens (primary N) is 1. The first kappa shape index (κ1) is 13.0. The molecule has 4 N–H and O–H groups in total. The molecule has 100 valence electrons. The molecule has 0 saturated carbocycles. The number of methoxy groups -OCH3 is 1. The number of hydrazine groups is 1. The molecular weight excluding hydrogens is 246 g/mol. The maximum atomic E-state index is 5.35. The third-order valence-electron chi connectivity index (χ3n) is 2.42. The SMILES string of the molecule is COc1c(NN)ncnc1NCc1ccnc(C)n1. The Morgan fingerprint density at radius 2 is 2.05 bits per heavy atom. The van der Waals surface area contributed by atoms with E-state index in [1.807, 2.05) is 13.0 Å². The van der Waals surface area contributed by atoms with Crippen molar-refractivity contribution in [3.05, 3.63) is 30.1 Å². The van der Waals surface area contributed by atoms with Crippen molar-refractivity contribution in [2.75, 3.05) is 17.9 Å².